The molecule has 0 unspecified atom stereocenters. The third kappa shape index (κ3) is 6.42. The van der Waals surface area contributed by atoms with E-state index in [2.05, 4.69) is 26.9 Å². The van der Waals surface area contributed by atoms with Crippen LogP contribution in [0.2, 0.25) is 0 Å². The molecular weight excluding hydrogens is 454 g/mol. The third-order valence-corrected chi connectivity index (χ3v) is 6.34. The molecule has 0 spiro atoms. The van der Waals surface area contributed by atoms with Crippen LogP contribution in [0.3, 0.4) is 0 Å². The Morgan fingerprint density at radius 1 is 1.00 bits per heavy atom. The Kier molecular flexibility index (Phi) is 8.57. The first kappa shape index (κ1) is 25.7. The van der Waals surface area contributed by atoms with Crippen LogP contribution in [0.25, 0.3) is 11.3 Å². The molecule has 1 aromatic heterocycles. The Bertz CT molecular complexity index is 1180. The first-order valence-electron chi connectivity index (χ1n) is 12.6. The number of benzene rings is 2. The fraction of sp³-hybridized carbons (Fsp3) is 0.379. The molecular formula is C29H35N3O4. The highest BCUT2D eigenvalue weighted by molar-refractivity contribution is 6.06. The molecule has 190 valence electrons. The van der Waals surface area contributed by atoms with E-state index in [0.29, 0.717) is 16.8 Å². The average molecular weight is 490 g/mol. The molecule has 1 amide bonds. The van der Waals surface area contributed by atoms with Gasteiger partial charge < -0.3 is 19.4 Å². The molecule has 1 saturated heterocycles. The number of rotatable bonds is 9. The normalized spacial score (nSPS) is 14.1. The van der Waals surface area contributed by atoms with Crippen LogP contribution in [-0.4, -0.2) is 60.3 Å². The molecule has 2 aromatic carbocycles. The number of carbonyl (C=O) groups is 2. The molecule has 4 rings (SSSR count). The molecule has 1 aliphatic rings. The number of ether oxygens (including phenoxy) is 2. The van der Waals surface area contributed by atoms with Crippen molar-refractivity contribution < 1.29 is 19.1 Å². The van der Waals surface area contributed by atoms with Crippen molar-refractivity contribution in [3.8, 4) is 11.3 Å². The van der Waals surface area contributed by atoms with Crippen molar-refractivity contribution in [1.82, 2.24) is 9.47 Å². The second-order valence-corrected chi connectivity index (χ2v) is 9.34. The maximum Gasteiger partial charge on any atom is 0.338 e. The lowest BCUT2D eigenvalue weighted by atomic mass is 10.1. The van der Waals surface area contributed by atoms with Gasteiger partial charge in [-0.25, -0.2) is 4.79 Å². The molecule has 0 atom stereocenters. The van der Waals surface area contributed by atoms with Crippen molar-refractivity contribution in [1.29, 1.82) is 0 Å². The molecule has 7 nitrogen and oxygen atoms in total. The van der Waals surface area contributed by atoms with Crippen LogP contribution >= 0.6 is 0 Å². The van der Waals surface area contributed by atoms with Gasteiger partial charge in [0.25, 0.3) is 5.91 Å². The number of aromatic nitrogens is 1. The summed E-state index contributed by atoms with van der Waals surface area (Å²) >= 11 is 0. The third-order valence-electron chi connectivity index (χ3n) is 6.34. The number of esters is 1. The van der Waals surface area contributed by atoms with Crippen LogP contribution in [0, 0.1) is 6.92 Å². The molecule has 3 aromatic rings. The van der Waals surface area contributed by atoms with Crippen LogP contribution in [-0.2, 0) is 16.0 Å². The Morgan fingerprint density at radius 3 is 2.47 bits per heavy atom. The number of morpholine rings is 1. The van der Waals surface area contributed by atoms with Gasteiger partial charge in [-0.3, -0.25) is 9.69 Å². The Hall–Kier alpha value is -3.42. The molecule has 1 aliphatic heterocycles. The number of hydrogen-bond acceptors (Lipinski definition) is 5. The second kappa shape index (κ2) is 12.0. The van der Waals surface area contributed by atoms with Gasteiger partial charge >= 0.3 is 5.97 Å². The highest BCUT2D eigenvalue weighted by atomic mass is 16.5. The van der Waals surface area contributed by atoms with Crippen LogP contribution in [0.1, 0.15) is 46.7 Å². The number of nitrogens with zero attached hydrogens (tertiary/aromatic N) is 2. The summed E-state index contributed by atoms with van der Waals surface area (Å²) in [6.45, 7) is 10.9. The minimum Gasteiger partial charge on any atom is -0.459 e. The maximum atomic E-state index is 13.3. The minimum absolute atomic E-state index is 0.203. The van der Waals surface area contributed by atoms with Gasteiger partial charge in [-0.2, -0.15) is 0 Å². The molecule has 0 bridgehead atoms. The molecule has 0 saturated carbocycles. The van der Waals surface area contributed by atoms with E-state index in [1.54, 1.807) is 24.3 Å². The number of nitrogens with one attached hydrogen (secondary N) is 1. The molecule has 1 fully saturated rings. The highest BCUT2D eigenvalue weighted by Gasteiger charge is 2.20. The topological polar surface area (TPSA) is 72.8 Å². The van der Waals surface area contributed by atoms with E-state index in [-0.39, 0.29) is 12.0 Å². The van der Waals surface area contributed by atoms with Crippen LogP contribution in [0.5, 0.6) is 0 Å². The zero-order valence-electron chi connectivity index (χ0n) is 21.3. The summed E-state index contributed by atoms with van der Waals surface area (Å²) in [4.78, 5) is 28.1. The Labute approximate surface area is 213 Å². The average Bonchev–Trinajstić information content (AvgIpc) is 3.21. The first-order chi connectivity index (χ1) is 17.4. The number of anilines is 1. The van der Waals surface area contributed by atoms with Crippen molar-refractivity contribution in [3.63, 3.8) is 0 Å². The van der Waals surface area contributed by atoms with E-state index in [4.69, 9.17) is 9.47 Å². The van der Waals surface area contributed by atoms with Crippen molar-refractivity contribution in [2.75, 3.05) is 38.2 Å². The van der Waals surface area contributed by atoms with Crippen molar-refractivity contribution in [3.05, 3.63) is 77.5 Å². The molecule has 36 heavy (non-hydrogen) atoms. The highest BCUT2D eigenvalue weighted by Crippen LogP contribution is 2.27. The fourth-order valence-corrected chi connectivity index (χ4v) is 4.49. The molecule has 1 N–H and O–H groups in total. The summed E-state index contributed by atoms with van der Waals surface area (Å²) in [7, 11) is 0. The number of carbonyl (C=O) groups excluding carboxylic acids is 2. The van der Waals surface area contributed by atoms with E-state index in [9.17, 15) is 9.59 Å². The zero-order valence-corrected chi connectivity index (χ0v) is 21.3. The lowest BCUT2D eigenvalue weighted by molar-refractivity contribution is 0.0369. The largest absolute Gasteiger partial charge is 0.459 e. The van der Waals surface area contributed by atoms with Crippen LogP contribution < -0.4 is 5.32 Å². The first-order valence-corrected chi connectivity index (χ1v) is 12.6. The van der Waals surface area contributed by atoms with Crippen molar-refractivity contribution >= 4 is 17.6 Å². The summed E-state index contributed by atoms with van der Waals surface area (Å²) in [5, 5.41) is 2.97. The van der Waals surface area contributed by atoms with Crippen LogP contribution in [0.15, 0.2) is 60.7 Å². The van der Waals surface area contributed by atoms with E-state index in [1.165, 1.54) is 0 Å². The monoisotopic (exact) mass is 489 g/mol. The summed E-state index contributed by atoms with van der Waals surface area (Å²) in [5.74, 6) is -0.610. The van der Waals surface area contributed by atoms with Crippen molar-refractivity contribution in [2.45, 2.75) is 39.8 Å². The van der Waals surface area contributed by atoms with Gasteiger partial charge in [-0.1, -0.05) is 36.4 Å². The molecule has 0 aliphatic carbocycles. The quantitative estimate of drug-likeness (QED) is 0.428. The summed E-state index contributed by atoms with van der Waals surface area (Å²) in [6, 6.07) is 19.0. The van der Waals surface area contributed by atoms with Gasteiger partial charge in [0.15, 0.2) is 0 Å². The van der Waals surface area contributed by atoms with Gasteiger partial charge in [0.05, 0.1) is 30.4 Å². The number of hydrogen-bond donors (Lipinski definition) is 1. The Balaban J connectivity index is 1.54. The van der Waals surface area contributed by atoms with Gasteiger partial charge in [-0.15, -0.1) is 0 Å². The SMILES string of the molecule is Cc1c(C(=O)Nc2cccc(C(=O)OC(C)C)c2)cc(-c2ccccc2)n1CCCN1CCOCC1. The lowest BCUT2D eigenvalue weighted by Crippen LogP contribution is -2.37. The predicted octanol–water partition coefficient (Wildman–Crippen LogP) is 5.00. The summed E-state index contributed by atoms with van der Waals surface area (Å²) < 4.78 is 13.0. The Morgan fingerprint density at radius 2 is 1.75 bits per heavy atom. The second-order valence-electron chi connectivity index (χ2n) is 9.34. The fourth-order valence-electron chi connectivity index (χ4n) is 4.49. The van der Waals surface area contributed by atoms with E-state index >= 15 is 0 Å². The predicted molar refractivity (Wildman–Crippen MR) is 141 cm³/mol. The molecule has 0 radical (unpaired) electrons. The maximum absolute atomic E-state index is 13.3. The summed E-state index contributed by atoms with van der Waals surface area (Å²) in [5.41, 5.74) is 4.60. The van der Waals surface area contributed by atoms with E-state index < -0.39 is 5.97 Å². The molecule has 7 heteroatoms. The standard InChI is InChI=1S/C29H35N3O4/c1-21(2)36-29(34)24-11-7-12-25(19-24)30-28(33)26-20-27(23-9-5-4-6-10-23)32(22(26)3)14-8-13-31-15-17-35-18-16-31/h4-7,9-12,19-21H,8,13-18H2,1-3H3,(H,30,33). The van der Waals surface area contributed by atoms with Gasteiger partial charge in [0, 0.05) is 43.3 Å². The zero-order chi connectivity index (χ0) is 25.5. The number of amides is 1. The van der Waals surface area contributed by atoms with E-state index in [1.807, 2.05) is 45.0 Å². The lowest BCUT2D eigenvalue weighted by Gasteiger charge is -2.26. The van der Waals surface area contributed by atoms with E-state index in [0.717, 1.165) is 62.8 Å². The minimum atomic E-state index is -0.407. The molecule has 2 heterocycles. The van der Waals surface area contributed by atoms with Crippen molar-refractivity contribution in [2.24, 2.45) is 0 Å². The van der Waals surface area contributed by atoms with Gasteiger partial charge in [0.1, 0.15) is 0 Å². The smallest absolute Gasteiger partial charge is 0.338 e. The van der Waals surface area contributed by atoms with Crippen LogP contribution in [0.4, 0.5) is 5.69 Å². The summed E-state index contributed by atoms with van der Waals surface area (Å²) in [6.07, 6.45) is 0.772. The van der Waals surface area contributed by atoms with Gasteiger partial charge in [-0.05, 0) is 57.0 Å². The van der Waals surface area contributed by atoms with Gasteiger partial charge in [0.2, 0.25) is 0 Å².